The molecule has 34 heavy (non-hydrogen) atoms. The van der Waals surface area contributed by atoms with Gasteiger partial charge in [-0.3, -0.25) is 9.59 Å². The van der Waals surface area contributed by atoms with Gasteiger partial charge in [0.2, 0.25) is 5.91 Å². The lowest BCUT2D eigenvalue weighted by molar-refractivity contribution is -0.143. The van der Waals surface area contributed by atoms with Gasteiger partial charge < -0.3 is 25.2 Å². The van der Waals surface area contributed by atoms with Gasteiger partial charge in [0.1, 0.15) is 6.61 Å². The highest BCUT2D eigenvalue weighted by molar-refractivity contribution is 5.79. The molecule has 1 aliphatic rings. The summed E-state index contributed by atoms with van der Waals surface area (Å²) in [6.07, 6.45) is -0.397. The molecule has 0 spiro atoms. The van der Waals surface area contributed by atoms with Crippen molar-refractivity contribution >= 4 is 18.0 Å². The zero-order valence-corrected chi connectivity index (χ0v) is 19.6. The van der Waals surface area contributed by atoms with Gasteiger partial charge in [-0.15, -0.1) is 0 Å². The maximum absolute atomic E-state index is 12.1. The van der Waals surface area contributed by atoms with Gasteiger partial charge in [-0.05, 0) is 28.2 Å². The Morgan fingerprint density at radius 3 is 2.15 bits per heavy atom. The number of fused-ring (bicyclic) bond motifs is 3. The fraction of sp³-hybridized carbons (Fsp3) is 0.423. The van der Waals surface area contributed by atoms with E-state index >= 15 is 0 Å². The van der Waals surface area contributed by atoms with Crippen molar-refractivity contribution < 1.29 is 29.0 Å². The van der Waals surface area contributed by atoms with Crippen LogP contribution in [0.1, 0.15) is 37.3 Å². The second kappa shape index (κ2) is 12.2. The third-order valence-electron chi connectivity index (χ3n) is 5.97. The molecule has 2 amide bonds. The Balaban J connectivity index is 1.31. The van der Waals surface area contributed by atoms with Gasteiger partial charge in [0.15, 0.2) is 0 Å². The van der Waals surface area contributed by atoms with Crippen molar-refractivity contribution in [2.24, 2.45) is 11.8 Å². The first kappa shape index (κ1) is 25.2. The number of amides is 2. The Hall–Kier alpha value is -3.39. The van der Waals surface area contributed by atoms with Crippen molar-refractivity contribution in [1.82, 2.24) is 10.6 Å². The van der Waals surface area contributed by atoms with Crippen LogP contribution >= 0.6 is 0 Å². The molecular weight excluding hydrogens is 436 g/mol. The number of carbonyl (C=O) groups excluding carboxylic acids is 2. The first-order valence-electron chi connectivity index (χ1n) is 11.5. The Morgan fingerprint density at radius 1 is 0.941 bits per heavy atom. The quantitative estimate of drug-likeness (QED) is 0.412. The Morgan fingerprint density at radius 2 is 1.56 bits per heavy atom. The van der Waals surface area contributed by atoms with Crippen LogP contribution in [0.2, 0.25) is 0 Å². The molecule has 182 valence electrons. The molecule has 0 radical (unpaired) electrons. The highest BCUT2D eigenvalue weighted by Crippen LogP contribution is 2.44. The maximum Gasteiger partial charge on any atom is 0.407 e. The number of carbonyl (C=O) groups is 3. The highest BCUT2D eigenvalue weighted by Gasteiger charge is 2.29. The molecule has 0 aromatic heterocycles. The van der Waals surface area contributed by atoms with Gasteiger partial charge in [-0.2, -0.15) is 0 Å². The summed E-state index contributed by atoms with van der Waals surface area (Å²) in [6, 6.07) is 16.3. The van der Waals surface area contributed by atoms with E-state index in [1.165, 1.54) is 11.1 Å². The lowest BCUT2D eigenvalue weighted by atomic mass is 9.96. The van der Waals surface area contributed by atoms with Crippen molar-refractivity contribution in [1.29, 1.82) is 0 Å². The average molecular weight is 469 g/mol. The van der Waals surface area contributed by atoms with Crippen LogP contribution < -0.4 is 10.6 Å². The van der Waals surface area contributed by atoms with Gasteiger partial charge in [0.25, 0.3) is 0 Å². The Bertz CT molecular complexity index is 961. The van der Waals surface area contributed by atoms with E-state index in [0.29, 0.717) is 0 Å². The molecule has 0 saturated carbocycles. The van der Waals surface area contributed by atoms with Gasteiger partial charge in [0, 0.05) is 25.4 Å². The summed E-state index contributed by atoms with van der Waals surface area (Å²) in [7, 11) is 0. The van der Waals surface area contributed by atoms with E-state index in [0.717, 1.165) is 11.1 Å². The zero-order valence-electron chi connectivity index (χ0n) is 19.6. The number of aliphatic carboxylic acids is 1. The van der Waals surface area contributed by atoms with Crippen LogP contribution in [0.3, 0.4) is 0 Å². The maximum atomic E-state index is 12.1. The van der Waals surface area contributed by atoms with E-state index in [4.69, 9.17) is 14.6 Å². The fourth-order valence-corrected chi connectivity index (χ4v) is 4.06. The van der Waals surface area contributed by atoms with Gasteiger partial charge in [0.05, 0.1) is 19.1 Å². The van der Waals surface area contributed by atoms with E-state index in [1.54, 1.807) is 13.8 Å². The monoisotopic (exact) mass is 468 g/mol. The minimum atomic E-state index is -0.925. The molecule has 2 aromatic carbocycles. The molecule has 0 aliphatic heterocycles. The van der Waals surface area contributed by atoms with Crippen LogP contribution in [0, 0.1) is 11.8 Å². The summed E-state index contributed by atoms with van der Waals surface area (Å²) < 4.78 is 10.8. The van der Waals surface area contributed by atoms with Crippen molar-refractivity contribution in [2.45, 2.75) is 26.2 Å². The minimum absolute atomic E-state index is 0.00401. The number of hydrogen-bond donors (Lipinski definition) is 3. The lowest BCUT2D eigenvalue weighted by Gasteiger charge is -2.16. The summed E-state index contributed by atoms with van der Waals surface area (Å²) in [5.41, 5.74) is 4.65. The third-order valence-corrected chi connectivity index (χ3v) is 5.97. The number of carboxylic acid groups (broad SMARTS) is 1. The molecule has 8 heteroatoms. The molecule has 2 aromatic rings. The molecule has 0 saturated heterocycles. The first-order valence-corrected chi connectivity index (χ1v) is 11.5. The standard InChI is InChI=1S/C26H32N2O6/c1-17(2)22(25(30)31)15-28-24(29)11-13-33-14-12-27-26(32)34-16-23-20-9-5-3-7-18(20)19-8-4-6-10-21(19)23/h3-10,17,22-23H,11-16H2,1-2H3,(H,27,32)(H,28,29)(H,30,31). The SMILES string of the molecule is CC(C)C(CNC(=O)CCOCCNC(=O)OCC1c2ccccc2-c2ccccc21)C(=O)O. The molecule has 8 nitrogen and oxygen atoms in total. The number of rotatable bonds is 12. The minimum Gasteiger partial charge on any atom is -0.481 e. The predicted octanol–water partition coefficient (Wildman–Crippen LogP) is 3.40. The van der Waals surface area contributed by atoms with Crippen molar-refractivity contribution in [3.05, 3.63) is 59.7 Å². The fourth-order valence-electron chi connectivity index (χ4n) is 4.06. The molecule has 0 heterocycles. The third kappa shape index (κ3) is 6.57. The van der Waals surface area contributed by atoms with Crippen LogP contribution in [-0.2, 0) is 19.1 Å². The summed E-state index contributed by atoms with van der Waals surface area (Å²) in [6.45, 7) is 4.62. The first-order chi connectivity index (χ1) is 16.4. The van der Waals surface area contributed by atoms with Crippen LogP contribution in [0.5, 0.6) is 0 Å². The average Bonchev–Trinajstić information content (AvgIpc) is 3.13. The molecule has 0 fully saturated rings. The molecule has 3 rings (SSSR count). The predicted molar refractivity (Wildman–Crippen MR) is 127 cm³/mol. The second-order valence-electron chi connectivity index (χ2n) is 8.61. The summed E-state index contributed by atoms with van der Waals surface area (Å²) >= 11 is 0. The Kier molecular flexibility index (Phi) is 9.04. The summed E-state index contributed by atoms with van der Waals surface area (Å²) in [4.78, 5) is 35.1. The van der Waals surface area contributed by atoms with E-state index < -0.39 is 18.0 Å². The number of alkyl carbamates (subject to hydrolysis) is 1. The molecule has 1 aliphatic carbocycles. The van der Waals surface area contributed by atoms with E-state index in [9.17, 15) is 14.4 Å². The van der Waals surface area contributed by atoms with Crippen LogP contribution in [-0.4, -0.2) is 56.0 Å². The van der Waals surface area contributed by atoms with Crippen molar-refractivity contribution in [3.63, 3.8) is 0 Å². The topological polar surface area (TPSA) is 114 Å². The number of nitrogens with one attached hydrogen (secondary N) is 2. The summed E-state index contributed by atoms with van der Waals surface area (Å²) in [5, 5.41) is 14.4. The van der Waals surface area contributed by atoms with Crippen LogP contribution in [0.25, 0.3) is 11.1 Å². The molecule has 0 bridgehead atoms. The molecule has 1 unspecified atom stereocenters. The molecule has 1 atom stereocenters. The van der Waals surface area contributed by atoms with Crippen molar-refractivity contribution in [2.75, 3.05) is 32.9 Å². The number of ether oxygens (including phenoxy) is 2. The van der Waals surface area contributed by atoms with E-state index in [2.05, 4.69) is 34.9 Å². The number of hydrogen-bond acceptors (Lipinski definition) is 5. The highest BCUT2D eigenvalue weighted by atomic mass is 16.5. The van der Waals surface area contributed by atoms with Crippen LogP contribution in [0.4, 0.5) is 4.79 Å². The Labute approximate surface area is 199 Å². The van der Waals surface area contributed by atoms with Crippen LogP contribution in [0.15, 0.2) is 48.5 Å². The summed E-state index contributed by atoms with van der Waals surface area (Å²) in [5.74, 6) is -1.88. The normalized spacial score (nSPS) is 13.1. The smallest absolute Gasteiger partial charge is 0.407 e. The number of benzene rings is 2. The van der Waals surface area contributed by atoms with E-state index in [1.807, 2.05) is 24.3 Å². The molecule has 3 N–H and O–H groups in total. The van der Waals surface area contributed by atoms with E-state index in [-0.39, 0.29) is 57.1 Å². The zero-order chi connectivity index (χ0) is 24.5. The van der Waals surface area contributed by atoms with Gasteiger partial charge in [-0.1, -0.05) is 62.4 Å². The molecular formula is C26H32N2O6. The second-order valence-corrected chi connectivity index (χ2v) is 8.61. The lowest BCUT2D eigenvalue weighted by Crippen LogP contribution is -2.36. The van der Waals surface area contributed by atoms with Gasteiger partial charge in [-0.25, -0.2) is 4.79 Å². The van der Waals surface area contributed by atoms with Crippen molar-refractivity contribution in [3.8, 4) is 11.1 Å². The largest absolute Gasteiger partial charge is 0.481 e. The van der Waals surface area contributed by atoms with Gasteiger partial charge >= 0.3 is 12.1 Å². The number of carboxylic acids is 1.